The number of carbonyl (C=O) groups excluding carboxylic acids is 1. The zero-order valence-corrected chi connectivity index (χ0v) is 11.3. The van der Waals surface area contributed by atoms with E-state index in [0.29, 0.717) is 13.2 Å². The summed E-state index contributed by atoms with van der Waals surface area (Å²) in [5, 5.41) is 3.87. The van der Waals surface area contributed by atoms with E-state index in [1.165, 1.54) is 0 Å². The third-order valence-electron chi connectivity index (χ3n) is 2.67. The van der Waals surface area contributed by atoms with Crippen molar-refractivity contribution in [2.45, 2.75) is 33.3 Å². The lowest BCUT2D eigenvalue weighted by Gasteiger charge is -2.22. The Morgan fingerprint density at radius 1 is 1.60 bits per heavy atom. The molecule has 1 saturated heterocycles. The van der Waals surface area contributed by atoms with E-state index in [1.807, 2.05) is 6.92 Å². The Morgan fingerprint density at radius 3 is 2.73 bits per heavy atom. The van der Waals surface area contributed by atoms with Gasteiger partial charge in [0, 0.05) is 11.9 Å². The van der Waals surface area contributed by atoms with Gasteiger partial charge in [-0.25, -0.2) is 0 Å². The summed E-state index contributed by atoms with van der Waals surface area (Å²) in [7, 11) is 0. The molecule has 0 aromatic heterocycles. The van der Waals surface area contributed by atoms with E-state index in [2.05, 4.69) is 35.1 Å². The molecule has 1 rings (SSSR count). The Morgan fingerprint density at radius 2 is 2.27 bits per heavy atom. The quantitative estimate of drug-likeness (QED) is 0.798. The third-order valence-corrected chi connectivity index (χ3v) is 4.19. The fourth-order valence-corrected chi connectivity index (χ4v) is 1.72. The van der Waals surface area contributed by atoms with Crippen LogP contribution in [-0.2, 0) is 9.53 Å². The molecule has 1 aliphatic rings. The van der Waals surface area contributed by atoms with Crippen LogP contribution in [0.4, 0.5) is 0 Å². The fraction of sp³-hybridized carbons (Fsp3) is 0.909. The first-order chi connectivity index (χ1) is 6.94. The maximum Gasteiger partial charge on any atom is 0.225 e. The summed E-state index contributed by atoms with van der Waals surface area (Å²) in [4.78, 5) is 11.7. The molecule has 1 fully saturated rings. The highest BCUT2D eigenvalue weighted by atomic mass is 79.9. The lowest BCUT2D eigenvalue weighted by molar-refractivity contribution is -0.125. The highest BCUT2D eigenvalue weighted by molar-refractivity contribution is 9.09. The van der Waals surface area contributed by atoms with Gasteiger partial charge in [-0.3, -0.25) is 4.79 Å². The summed E-state index contributed by atoms with van der Waals surface area (Å²) in [6.45, 7) is 7.53. The van der Waals surface area contributed by atoms with Crippen LogP contribution in [0.3, 0.4) is 0 Å². The molecule has 88 valence electrons. The Kier molecular flexibility index (Phi) is 4.59. The summed E-state index contributed by atoms with van der Waals surface area (Å²) in [5.41, 5.74) is 0.112. The van der Waals surface area contributed by atoms with Gasteiger partial charge in [-0.2, -0.15) is 0 Å². The molecule has 0 radical (unpaired) electrons. The summed E-state index contributed by atoms with van der Waals surface area (Å²) >= 11 is 3.44. The maximum atomic E-state index is 11.7. The van der Waals surface area contributed by atoms with E-state index in [0.717, 1.165) is 11.8 Å². The lowest BCUT2D eigenvalue weighted by atomic mass is 9.96. The van der Waals surface area contributed by atoms with Crippen LogP contribution in [0, 0.1) is 11.3 Å². The minimum atomic E-state index is 0.0473. The highest BCUT2D eigenvalue weighted by Crippen LogP contribution is 2.20. The first kappa shape index (κ1) is 13.0. The Balaban J connectivity index is 2.30. The van der Waals surface area contributed by atoms with E-state index in [-0.39, 0.29) is 23.3 Å². The van der Waals surface area contributed by atoms with Crippen molar-refractivity contribution in [3.63, 3.8) is 0 Å². The van der Waals surface area contributed by atoms with Gasteiger partial charge in [-0.15, -0.1) is 0 Å². The molecule has 1 heterocycles. The highest BCUT2D eigenvalue weighted by Gasteiger charge is 2.29. The molecule has 0 aromatic rings. The van der Waals surface area contributed by atoms with Gasteiger partial charge in [-0.05, 0) is 18.8 Å². The number of halogens is 1. The van der Waals surface area contributed by atoms with Crippen LogP contribution in [-0.4, -0.2) is 30.5 Å². The topological polar surface area (TPSA) is 38.3 Å². The number of nitrogens with one attached hydrogen (secondary N) is 1. The summed E-state index contributed by atoms with van der Waals surface area (Å²) < 4.78 is 5.37. The van der Waals surface area contributed by atoms with Crippen molar-refractivity contribution in [3.05, 3.63) is 0 Å². The monoisotopic (exact) mass is 277 g/mol. The number of ether oxygens (including phenoxy) is 1. The number of carbonyl (C=O) groups is 1. The van der Waals surface area contributed by atoms with Crippen LogP contribution in [0.5, 0.6) is 0 Å². The van der Waals surface area contributed by atoms with Crippen molar-refractivity contribution in [1.82, 2.24) is 5.32 Å². The van der Waals surface area contributed by atoms with Gasteiger partial charge in [0.05, 0.1) is 18.6 Å². The number of hydrogen-bond donors (Lipinski definition) is 1. The summed E-state index contributed by atoms with van der Waals surface area (Å²) in [6.07, 6.45) is 1.07. The van der Waals surface area contributed by atoms with Gasteiger partial charge in [-0.1, -0.05) is 29.8 Å². The average molecular weight is 278 g/mol. The lowest BCUT2D eigenvalue weighted by Crippen LogP contribution is -2.38. The summed E-state index contributed by atoms with van der Waals surface area (Å²) in [6, 6.07) is 0. The number of alkyl halides is 1. The predicted molar refractivity (Wildman–Crippen MR) is 64.1 cm³/mol. The van der Waals surface area contributed by atoms with Gasteiger partial charge >= 0.3 is 0 Å². The van der Waals surface area contributed by atoms with Crippen LogP contribution >= 0.6 is 15.9 Å². The molecular weight excluding hydrogens is 258 g/mol. The second-order valence-corrected chi connectivity index (χ2v) is 5.65. The van der Waals surface area contributed by atoms with E-state index in [1.54, 1.807) is 0 Å². The van der Waals surface area contributed by atoms with Gasteiger partial charge in [0.25, 0.3) is 0 Å². The van der Waals surface area contributed by atoms with E-state index in [9.17, 15) is 4.79 Å². The Labute approximate surface area is 100 Å². The molecule has 3 nitrogen and oxygen atoms in total. The number of hydrogen-bond acceptors (Lipinski definition) is 2. The Hall–Kier alpha value is -0.0900. The zero-order valence-electron chi connectivity index (χ0n) is 9.68. The molecule has 0 saturated carbocycles. The van der Waals surface area contributed by atoms with Crippen molar-refractivity contribution in [2.24, 2.45) is 11.3 Å². The molecule has 1 N–H and O–H groups in total. The van der Waals surface area contributed by atoms with Crippen LogP contribution in [0.1, 0.15) is 27.2 Å². The van der Waals surface area contributed by atoms with E-state index >= 15 is 0 Å². The van der Waals surface area contributed by atoms with Crippen LogP contribution in [0.2, 0.25) is 0 Å². The largest absolute Gasteiger partial charge is 0.378 e. The smallest absolute Gasteiger partial charge is 0.225 e. The van der Waals surface area contributed by atoms with Gasteiger partial charge in [0.1, 0.15) is 0 Å². The molecule has 2 atom stereocenters. The minimum Gasteiger partial charge on any atom is -0.378 e. The zero-order chi connectivity index (χ0) is 11.5. The molecule has 2 unspecified atom stereocenters. The van der Waals surface area contributed by atoms with Crippen molar-refractivity contribution in [2.75, 3.05) is 18.5 Å². The predicted octanol–water partition coefficient (Wildman–Crippen LogP) is 1.95. The standard InChI is InChI=1S/C11H20BrNO2/c1-8-4-9(5-15-8)10(14)13-7-11(2,3)6-12/h8-9H,4-7H2,1-3H3,(H,13,14). The average Bonchev–Trinajstić information content (AvgIpc) is 2.61. The first-order valence-electron chi connectivity index (χ1n) is 5.40. The second-order valence-electron chi connectivity index (χ2n) is 5.09. The molecule has 1 amide bonds. The first-order valence-corrected chi connectivity index (χ1v) is 6.52. The van der Waals surface area contributed by atoms with E-state index < -0.39 is 0 Å². The molecule has 0 bridgehead atoms. The number of amides is 1. The third kappa shape index (κ3) is 4.11. The van der Waals surface area contributed by atoms with Gasteiger partial charge < -0.3 is 10.1 Å². The second kappa shape index (κ2) is 5.30. The molecule has 0 aromatic carbocycles. The summed E-state index contributed by atoms with van der Waals surface area (Å²) in [5.74, 6) is 0.180. The van der Waals surface area contributed by atoms with Crippen LogP contribution < -0.4 is 5.32 Å². The van der Waals surface area contributed by atoms with Crippen molar-refractivity contribution in [3.8, 4) is 0 Å². The van der Waals surface area contributed by atoms with Gasteiger partial charge in [0.15, 0.2) is 0 Å². The van der Waals surface area contributed by atoms with Crippen LogP contribution in [0.25, 0.3) is 0 Å². The minimum absolute atomic E-state index is 0.0473. The number of rotatable bonds is 4. The maximum absolute atomic E-state index is 11.7. The van der Waals surface area contributed by atoms with Crippen molar-refractivity contribution >= 4 is 21.8 Å². The molecule has 15 heavy (non-hydrogen) atoms. The fourth-order valence-electron chi connectivity index (χ4n) is 1.52. The molecular formula is C11H20BrNO2. The van der Waals surface area contributed by atoms with Gasteiger partial charge in [0.2, 0.25) is 5.91 Å². The SMILES string of the molecule is CC1CC(C(=O)NCC(C)(C)CBr)CO1. The van der Waals surface area contributed by atoms with E-state index in [4.69, 9.17) is 4.74 Å². The molecule has 4 heteroatoms. The molecule has 0 spiro atoms. The normalized spacial score (nSPS) is 26.7. The molecule has 0 aliphatic carbocycles. The van der Waals surface area contributed by atoms with Crippen LogP contribution in [0.15, 0.2) is 0 Å². The van der Waals surface area contributed by atoms with Crippen molar-refractivity contribution in [1.29, 1.82) is 0 Å². The van der Waals surface area contributed by atoms with Crippen molar-refractivity contribution < 1.29 is 9.53 Å². The Bertz CT molecular complexity index is 231. The molecule has 1 aliphatic heterocycles.